The Balaban J connectivity index is 1.21. The highest BCUT2D eigenvalue weighted by Gasteiger charge is 2.51. The number of benzene rings is 6. The number of aromatic carboxylic acids is 1. The summed E-state index contributed by atoms with van der Waals surface area (Å²) in [5.74, 6) is -2.79. The van der Waals surface area contributed by atoms with Crippen LogP contribution in [0.2, 0.25) is 0 Å². The molecule has 0 aromatic heterocycles. The molecule has 55 heavy (non-hydrogen) atoms. The zero-order valence-corrected chi connectivity index (χ0v) is 28.7. The van der Waals surface area contributed by atoms with Gasteiger partial charge in [-0.05, 0) is 70.8 Å². The summed E-state index contributed by atoms with van der Waals surface area (Å²) in [6.07, 6.45) is 0.846. The summed E-state index contributed by atoms with van der Waals surface area (Å²) in [5.41, 5.74) is 4.09. The topological polar surface area (TPSA) is 160 Å². The van der Waals surface area contributed by atoms with Gasteiger partial charge in [-0.15, -0.1) is 0 Å². The zero-order chi connectivity index (χ0) is 38.4. The zero-order valence-electron chi connectivity index (χ0n) is 28.7. The Morgan fingerprint density at radius 2 is 1.09 bits per heavy atom. The van der Waals surface area contributed by atoms with Gasteiger partial charge < -0.3 is 24.1 Å². The van der Waals surface area contributed by atoms with Crippen LogP contribution in [0.25, 0.3) is 11.1 Å². The smallest absolute Gasteiger partial charge is 0.343 e. The van der Waals surface area contributed by atoms with E-state index >= 15 is 0 Å². The molecular formula is C44H26O11. The summed E-state index contributed by atoms with van der Waals surface area (Å²) in [4.78, 5) is 73.5. The second-order valence-electron chi connectivity index (χ2n) is 12.7. The van der Waals surface area contributed by atoms with Crippen molar-refractivity contribution in [2.75, 3.05) is 7.11 Å². The van der Waals surface area contributed by atoms with Gasteiger partial charge >= 0.3 is 23.9 Å². The van der Waals surface area contributed by atoms with Crippen molar-refractivity contribution in [2.24, 2.45) is 0 Å². The number of carboxylic acids is 1. The number of aldehydes is 2. The highest BCUT2D eigenvalue weighted by atomic mass is 16.5. The lowest BCUT2D eigenvalue weighted by Gasteiger charge is -2.39. The van der Waals surface area contributed by atoms with E-state index in [4.69, 9.17) is 18.9 Å². The van der Waals surface area contributed by atoms with Gasteiger partial charge in [-0.25, -0.2) is 19.2 Å². The minimum atomic E-state index is -1.31. The summed E-state index contributed by atoms with van der Waals surface area (Å²) in [6.45, 7) is 0. The Bertz CT molecular complexity index is 2610. The van der Waals surface area contributed by atoms with E-state index in [-0.39, 0.29) is 44.9 Å². The molecule has 1 aliphatic heterocycles. The highest BCUT2D eigenvalue weighted by molar-refractivity contribution is 6.02. The van der Waals surface area contributed by atoms with E-state index in [1.165, 1.54) is 31.4 Å². The maximum atomic E-state index is 13.4. The highest BCUT2D eigenvalue weighted by Crippen LogP contribution is 2.62. The molecule has 0 saturated carbocycles. The molecule has 0 saturated heterocycles. The van der Waals surface area contributed by atoms with E-state index in [0.29, 0.717) is 24.1 Å². The molecule has 268 valence electrons. The number of carbonyl (C=O) groups is 6. The molecule has 8 rings (SSSR count). The number of fused-ring (bicyclic) bond motifs is 9. The molecule has 11 heteroatoms. The number of carboxylic acid groups (broad SMARTS) is 1. The molecule has 11 nitrogen and oxygen atoms in total. The van der Waals surface area contributed by atoms with Gasteiger partial charge in [0.25, 0.3) is 0 Å². The van der Waals surface area contributed by atoms with Gasteiger partial charge in [-0.3, -0.25) is 9.59 Å². The Kier molecular flexibility index (Phi) is 8.38. The molecule has 0 radical (unpaired) electrons. The minimum Gasteiger partial charge on any atom is -0.478 e. The third-order valence-electron chi connectivity index (χ3n) is 9.77. The fourth-order valence-corrected chi connectivity index (χ4v) is 7.39. The summed E-state index contributed by atoms with van der Waals surface area (Å²) >= 11 is 0. The lowest BCUT2D eigenvalue weighted by atomic mass is 9.66. The molecule has 0 bridgehead atoms. The van der Waals surface area contributed by atoms with E-state index in [9.17, 15) is 33.9 Å². The predicted molar refractivity (Wildman–Crippen MR) is 196 cm³/mol. The molecule has 0 atom stereocenters. The summed E-state index contributed by atoms with van der Waals surface area (Å²) < 4.78 is 22.8. The van der Waals surface area contributed by atoms with Gasteiger partial charge in [0.05, 0.1) is 34.8 Å². The number of hydrogen-bond acceptors (Lipinski definition) is 10. The van der Waals surface area contributed by atoms with Crippen LogP contribution in [-0.2, 0) is 10.2 Å². The van der Waals surface area contributed by atoms with Crippen LogP contribution in [0.4, 0.5) is 0 Å². The molecule has 1 spiro atoms. The van der Waals surface area contributed by atoms with Gasteiger partial charge in [0.1, 0.15) is 23.0 Å². The monoisotopic (exact) mass is 730 g/mol. The standard InChI is InChI=1S/C44H26O11/c1-52-43(51)33-19-25(10-11-26(33)22-45)42(50)54-29-14-17-37-39(21-29)55-38-20-28(53-41(49)24-12-15-30(40(47)48)27(18-24)23-46)13-16-36(38)44(37)34-8-4-2-6-31(34)32-7-3-5-9-35(32)44/h2-23H,1H3,(H,47,48). The first-order valence-electron chi connectivity index (χ1n) is 16.8. The predicted octanol–water partition coefficient (Wildman–Crippen LogP) is 7.70. The van der Waals surface area contributed by atoms with E-state index < -0.39 is 29.3 Å². The first-order valence-corrected chi connectivity index (χ1v) is 16.8. The lowest BCUT2D eigenvalue weighted by Crippen LogP contribution is -2.32. The molecule has 2 aliphatic rings. The first-order chi connectivity index (χ1) is 26.7. The molecule has 1 aliphatic carbocycles. The maximum absolute atomic E-state index is 13.4. The van der Waals surface area contributed by atoms with Crippen LogP contribution >= 0.6 is 0 Å². The number of carbonyl (C=O) groups excluding carboxylic acids is 5. The van der Waals surface area contributed by atoms with Crippen molar-refractivity contribution in [1.82, 2.24) is 0 Å². The number of hydrogen-bond donors (Lipinski definition) is 1. The van der Waals surface area contributed by atoms with Gasteiger partial charge in [0.15, 0.2) is 12.6 Å². The lowest BCUT2D eigenvalue weighted by molar-refractivity contribution is 0.0597. The fourth-order valence-electron chi connectivity index (χ4n) is 7.39. The average molecular weight is 731 g/mol. The van der Waals surface area contributed by atoms with Crippen LogP contribution in [0, 0.1) is 0 Å². The largest absolute Gasteiger partial charge is 0.478 e. The van der Waals surface area contributed by atoms with Crippen molar-refractivity contribution in [3.05, 3.63) is 177 Å². The molecule has 0 amide bonds. The third-order valence-corrected chi connectivity index (χ3v) is 9.77. The normalized spacial score (nSPS) is 12.5. The molecule has 1 heterocycles. The van der Waals surface area contributed by atoms with Gasteiger partial charge in [0, 0.05) is 34.4 Å². The van der Waals surface area contributed by atoms with Crippen molar-refractivity contribution in [3.63, 3.8) is 0 Å². The number of ether oxygens (including phenoxy) is 4. The van der Waals surface area contributed by atoms with Crippen molar-refractivity contribution in [3.8, 4) is 34.1 Å². The van der Waals surface area contributed by atoms with Crippen LogP contribution in [0.1, 0.15) is 84.4 Å². The van der Waals surface area contributed by atoms with Crippen LogP contribution in [0.5, 0.6) is 23.0 Å². The fraction of sp³-hybridized carbons (Fsp3) is 0.0455. The Morgan fingerprint density at radius 1 is 0.564 bits per heavy atom. The van der Waals surface area contributed by atoms with Gasteiger partial charge in [-0.1, -0.05) is 60.7 Å². The summed E-state index contributed by atoms with van der Waals surface area (Å²) in [7, 11) is 1.17. The van der Waals surface area contributed by atoms with Crippen molar-refractivity contribution >= 4 is 36.4 Å². The Morgan fingerprint density at radius 3 is 1.62 bits per heavy atom. The van der Waals surface area contributed by atoms with Crippen LogP contribution in [0.15, 0.2) is 121 Å². The van der Waals surface area contributed by atoms with Crippen molar-refractivity contribution in [2.45, 2.75) is 5.41 Å². The first kappa shape index (κ1) is 34.4. The summed E-state index contributed by atoms with van der Waals surface area (Å²) in [6, 6.07) is 33.6. The van der Waals surface area contributed by atoms with E-state index in [1.54, 1.807) is 24.3 Å². The Labute approximate surface area is 312 Å². The summed E-state index contributed by atoms with van der Waals surface area (Å²) in [5, 5.41) is 9.38. The number of rotatable bonds is 8. The quantitative estimate of drug-likeness (QED) is 0.0927. The van der Waals surface area contributed by atoms with E-state index in [0.717, 1.165) is 45.5 Å². The molecule has 6 aromatic rings. The maximum Gasteiger partial charge on any atom is 0.343 e. The van der Waals surface area contributed by atoms with E-state index in [1.807, 2.05) is 60.7 Å². The third kappa shape index (κ3) is 5.53. The second-order valence-corrected chi connectivity index (χ2v) is 12.7. The molecule has 0 fully saturated rings. The minimum absolute atomic E-state index is 0.00873. The second kappa shape index (κ2) is 13.4. The van der Waals surface area contributed by atoms with Crippen molar-refractivity contribution in [1.29, 1.82) is 0 Å². The average Bonchev–Trinajstić information content (AvgIpc) is 3.50. The van der Waals surface area contributed by atoms with Gasteiger partial charge in [0.2, 0.25) is 0 Å². The molecular weight excluding hydrogens is 704 g/mol. The molecule has 6 aromatic carbocycles. The number of methoxy groups -OCH3 is 1. The van der Waals surface area contributed by atoms with Gasteiger partial charge in [-0.2, -0.15) is 0 Å². The SMILES string of the molecule is COC(=O)c1cc(C(=O)Oc2ccc3c(c2)Oc2cc(OC(=O)c4ccc(C(=O)O)c(C=O)c4)ccc2C32c3ccccc3-c3ccccc32)ccc1C=O. The number of esters is 3. The van der Waals surface area contributed by atoms with Crippen LogP contribution < -0.4 is 14.2 Å². The van der Waals surface area contributed by atoms with E-state index in [2.05, 4.69) is 0 Å². The Hall–Kier alpha value is -7.66. The molecule has 0 unspecified atom stereocenters. The van der Waals surface area contributed by atoms with Crippen LogP contribution in [-0.4, -0.2) is 48.7 Å². The van der Waals surface area contributed by atoms with Crippen molar-refractivity contribution < 1.29 is 52.8 Å². The molecule has 1 N–H and O–H groups in total. The van der Waals surface area contributed by atoms with Crippen LogP contribution in [0.3, 0.4) is 0 Å².